The van der Waals surface area contributed by atoms with Crippen LogP contribution in [-0.4, -0.2) is 27.0 Å². The van der Waals surface area contributed by atoms with E-state index in [0.717, 1.165) is 16.8 Å². The summed E-state index contributed by atoms with van der Waals surface area (Å²) in [7, 11) is 1.58. The molecule has 19 heavy (non-hydrogen) atoms. The number of aromatic nitrogens is 4. The highest BCUT2D eigenvalue weighted by atomic mass is 16.5. The van der Waals surface area contributed by atoms with Gasteiger partial charge in [0.25, 0.3) is 0 Å². The first-order valence-electron chi connectivity index (χ1n) is 5.86. The number of imidazole rings is 1. The molecule has 0 saturated carbocycles. The maximum Gasteiger partial charge on any atom is 0.215 e. The molecule has 0 amide bonds. The highest BCUT2D eigenvalue weighted by Crippen LogP contribution is 2.19. The second-order valence-corrected chi connectivity index (χ2v) is 4.07. The minimum atomic E-state index is 0.478. The Morgan fingerprint density at radius 1 is 1.21 bits per heavy atom. The van der Waals surface area contributed by atoms with Gasteiger partial charge in [0.1, 0.15) is 5.69 Å². The molecule has 3 rings (SSSR count). The number of H-pyrrole nitrogens is 1. The SMILES string of the molecule is COc1ccc2[nH]c(-c3ccc(CN)cn3)nc2n1. The van der Waals surface area contributed by atoms with Crippen LogP contribution in [0.5, 0.6) is 5.88 Å². The predicted molar refractivity (Wildman–Crippen MR) is 71.6 cm³/mol. The molecule has 3 N–H and O–H groups in total. The van der Waals surface area contributed by atoms with Gasteiger partial charge in [-0.05, 0) is 17.7 Å². The second-order valence-electron chi connectivity index (χ2n) is 4.07. The summed E-state index contributed by atoms with van der Waals surface area (Å²) in [4.78, 5) is 16.2. The molecule has 6 heteroatoms. The first-order chi connectivity index (χ1) is 9.30. The number of aromatic amines is 1. The van der Waals surface area contributed by atoms with Gasteiger partial charge in [-0.2, -0.15) is 4.98 Å². The van der Waals surface area contributed by atoms with Crippen LogP contribution in [0.15, 0.2) is 30.5 Å². The van der Waals surface area contributed by atoms with E-state index in [1.54, 1.807) is 19.4 Å². The van der Waals surface area contributed by atoms with Crippen LogP contribution in [-0.2, 0) is 6.54 Å². The van der Waals surface area contributed by atoms with Crippen LogP contribution in [0.3, 0.4) is 0 Å². The minimum Gasteiger partial charge on any atom is -0.481 e. The molecule has 0 radical (unpaired) electrons. The number of rotatable bonds is 3. The van der Waals surface area contributed by atoms with Gasteiger partial charge in [0.15, 0.2) is 11.5 Å². The minimum absolute atomic E-state index is 0.478. The molecule has 3 heterocycles. The highest BCUT2D eigenvalue weighted by molar-refractivity contribution is 5.75. The van der Waals surface area contributed by atoms with Gasteiger partial charge in [-0.1, -0.05) is 6.07 Å². The maximum absolute atomic E-state index is 5.54. The summed E-state index contributed by atoms with van der Waals surface area (Å²) in [5, 5.41) is 0. The lowest BCUT2D eigenvalue weighted by Crippen LogP contribution is -1.97. The van der Waals surface area contributed by atoms with Gasteiger partial charge in [0.2, 0.25) is 5.88 Å². The number of nitrogens with two attached hydrogens (primary N) is 1. The Morgan fingerprint density at radius 3 is 2.79 bits per heavy atom. The number of ether oxygens (including phenoxy) is 1. The lowest BCUT2D eigenvalue weighted by atomic mass is 10.2. The number of hydrogen-bond acceptors (Lipinski definition) is 5. The summed E-state index contributed by atoms with van der Waals surface area (Å²) in [5.41, 5.74) is 8.75. The van der Waals surface area contributed by atoms with Crippen LogP contribution in [0.4, 0.5) is 0 Å². The van der Waals surface area contributed by atoms with Crippen molar-refractivity contribution in [3.05, 3.63) is 36.0 Å². The zero-order valence-electron chi connectivity index (χ0n) is 10.4. The van der Waals surface area contributed by atoms with Gasteiger partial charge < -0.3 is 15.5 Å². The van der Waals surface area contributed by atoms with E-state index in [9.17, 15) is 0 Å². The first kappa shape index (κ1) is 11.6. The summed E-state index contributed by atoms with van der Waals surface area (Å²) in [6.45, 7) is 0.478. The van der Waals surface area contributed by atoms with E-state index in [0.29, 0.717) is 23.9 Å². The Labute approximate surface area is 109 Å². The highest BCUT2D eigenvalue weighted by Gasteiger charge is 2.08. The third-order valence-electron chi connectivity index (χ3n) is 2.83. The van der Waals surface area contributed by atoms with Crippen molar-refractivity contribution in [2.24, 2.45) is 5.73 Å². The predicted octanol–water partition coefficient (Wildman–Crippen LogP) is 1.49. The molecule has 0 aliphatic carbocycles. The van der Waals surface area contributed by atoms with Gasteiger partial charge in [-0.15, -0.1) is 0 Å². The van der Waals surface area contributed by atoms with E-state index in [4.69, 9.17) is 10.5 Å². The molecule has 0 spiro atoms. The van der Waals surface area contributed by atoms with E-state index in [1.807, 2.05) is 18.2 Å². The van der Waals surface area contributed by atoms with Crippen molar-refractivity contribution in [1.82, 2.24) is 19.9 Å². The standard InChI is InChI=1S/C13H13N5O/c1-19-11-5-4-10-13(17-11)18-12(16-10)9-3-2-8(6-14)7-15-9/h2-5,7H,6,14H2,1H3,(H,16,17,18). The number of nitrogens with one attached hydrogen (secondary N) is 1. The van der Waals surface area contributed by atoms with Gasteiger partial charge in [0.05, 0.1) is 12.6 Å². The van der Waals surface area contributed by atoms with Gasteiger partial charge in [-0.25, -0.2) is 4.98 Å². The van der Waals surface area contributed by atoms with Crippen molar-refractivity contribution < 1.29 is 4.74 Å². The molecule has 0 aromatic carbocycles. The first-order valence-corrected chi connectivity index (χ1v) is 5.86. The molecule has 0 unspecified atom stereocenters. The lowest BCUT2D eigenvalue weighted by molar-refractivity contribution is 0.399. The second kappa shape index (κ2) is 4.66. The third kappa shape index (κ3) is 2.13. The van der Waals surface area contributed by atoms with Gasteiger partial charge in [0, 0.05) is 18.8 Å². The number of methoxy groups -OCH3 is 1. The molecule has 6 nitrogen and oxygen atoms in total. The number of fused-ring (bicyclic) bond motifs is 1. The van der Waals surface area contributed by atoms with Crippen LogP contribution in [0, 0.1) is 0 Å². The fraction of sp³-hybridized carbons (Fsp3) is 0.154. The van der Waals surface area contributed by atoms with Crippen molar-refractivity contribution in [3.8, 4) is 17.4 Å². The average molecular weight is 255 g/mol. The maximum atomic E-state index is 5.54. The number of pyridine rings is 2. The van der Waals surface area contributed by atoms with Crippen molar-refractivity contribution >= 4 is 11.2 Å². The molecular weight excluding hydrogens is 242 g/mol. The van der Waals surface area contributed by atoms with Gasteiger partial charge >= 0.3 is 0 Å². The summed E-state index contributed by atoms with van der Waals surface area (Å²) >= 11 is 0. The normalized spacial score (nSPS) is 10.8. The molecule has 3 aromatic heterocycles. The zero-order valence-corrected chi connectivity index (χ0v) is 10.4. The molecule has 0 aliphatic rings. The summed E-state index contributed by atoms with van der Waals surface area (Å²) in [6, 6.07) is 7.49. The molecule has 0 aliphatic heterocycles. The Bertz CT molecular complexity index is 705. The zero-order chi connectivity index (χ0) is 13.2. The molecular formula is C13H13N5O. The summed E-state index contributed by atoms with van der Waals surface area (Å²) in [6.07, 6.45) is 1.75. The monoisotopic (exact) mass is 255 g/mol. The molecule has 0 atom stereocenters. The molecule has 3 aromatic rings. The van der Waals surface area contributed by atoms with Crippen LogP contribution >= 0.6 is 0 Å². The van der Waals surface area contributed by atoms with E-state index in [2.05, 4.69) is 19.9 Å². The van der Waals surface area contributed by atoms with Crippen molar-refractivity contribution in [3.63, 3.8) is 0 Å². The van der Waals surface area contributed by atoms with E-state index in [1.165, 1.54) is 0 Å². The van der Waals surface area contributed by atoms with Crippen LogP contribution < -0.4 is 10.5 Å². The molecule has 0 bridgehead atoms. The lowest BCUT2D eigenvalue weighted by Gasteiger charge is -1.97. The van der Waals surface area contributed by atoms with Crippen LogP contribution in [0.1, 0.15) is 5.56 Å². The third-order valence-corrected chi connectivity index (χ3v) is 2.83. The Kier molecular flexibility index (Phi) is 2.85. The Hall–Kier alpha value is -2.47. The van der Waals surface area contributed by atoms with E-state index in [-0.39, 0.29) is 0 Å². The fourth-order valence-corrected chi connectivity index (χ4v) is 1.80. The van der Waals surface area contributed by atoms with Crippen molar-refractivity contribution in [1.29, 1.82) is 0 Å². The van der Waals surface area contributed by atoms with Crippen LogP contribution in [0.25, 0.3) is 22.7 Å². The molecule has 0 fully saturated rings. The average Bonchev–Trinajstić information content (AvgIpc) is 2.90. The molecule has 96 valence electrons. The van der Waals surface area contributed by atoms with Crippen molar-refractivity contribution in [2.45, 2.75) is 6.54 Å². The quantitative estimate of drug-likeness (QED) is 0.740. The van der Waals surface area contributed by atoms with E-state index >= 15 is 0 Å². The number of hydrogen-bond donors (Lipinski definition) is 2. The van der Waals surface area contributed by atoms with Gasteiger partial charge in [-0.3, -0.25) is 4.98 Å². The smallest absolute Gasteiger partial charge is 0.215 e. The topological polar surface area (TPSA) is 89.7 Å². The molecule has 0 saturated heterocycles. The van der Waals surface area contributed by atoms with Crippen molar-refractivity contribution in [2.75, 3.05) is 7.11 Å². The Balaban J connectivity index is 2.04. The van der Waals surface area contributed by atoms with Crippen LogP contribution in [0.2, 0.25) is 0 Å². The summed E-state index contributed by atoms with van der Waals surface area (Å²) in [5.74, 6) is 1.22. The fourth-order valence-electron chi connectivity index (χ4n) is 1.80. The number of nitrogens with zero attached hydrogens (tertiary/aromatic N) is 3. The largest absolute Gasteiger partial charge is 0.481 e. The van der Waals surface area contributed by atoms with E-state index < -0.39 is 0 Å². The Morgan fingerprint density at radius 2 is 2.11 bits per heavy atom. The summed E-state index contributed by atoms with van der Waals surface area (Å²) < 4.78 is 5.07.